The molecule has 2 aromatic rings. The largest absolute Gasteiger partial charge is 0.497 e. The first kappa shape index (κ1) is 15.5. The van der Waals surface area contributed by atoms with Crippen molar-refractivity contribution >= 4 is 31.9 Å². The average molecular weight is 403 g/mol. The first-order valence-corrected chi connectivity index (χ1v) is 7.61. The molecule has 0 heterocycles. The average Bonchev–Trinajstić information content (AvgIpc) is 2.43. The van der Waals surface area contributed by atoms with Crippen molar-refractivity contribution in [3.63, 3.8) is 0 Å². The van der Waals surface area contributed by atoms with Crippen LogP contribution in [0.25, 0.3) is 0 Å². The van der Waals surface area contributed by atoms with Crippen LogP contribution in [0.15, 0.2) is 45.3 Å². The summed E-state index contributed by atoms with van der Waals surface area (Å²) < 4.78 is 20.9. The Morgan fingerprint density at radius 2 is 1.90 bits per heavy atom. The molecule has 2 aromatic carbocycles. The zero-order valence-electron chi connectivity index (χ0n) is 11.1. The van der Waals surface area contributed by atoms with E-state index in [9.17, 15) is 4.39 Å². The number of benzene rings is 2. The maximum absolute atomic E-state index is 14.1. The lowest BCUT2D eigenvalue weighted by Gasteiger charge is -2.21. The number of hydrogen-bond donors (Lipinski definition) is 1. The second kappa shape index (κ2) is 6.70. The highest BCUT2D eigenvalue weighted by Gasteiger charge is 2.21. The van der Waals surface area contributed by atoms with Crippen LogP contribution in [0.1, 0.15) is 17.2 Å². The smallest absolute Gasteiger partial charge is 0.129 e. The fraction of sp³-hybridized carbons (Fsp3) is 0.200. The Kier molecular flexibility index (Phi) is 5.18. The third kappa shape index (κ3) is 3.05. The molecule has 0 fully saturated rings. The Hall–Kier alpha value is -0.910. The van der Waals surface area contributed by atoms with Crippen LogP contribution in [-0.2, 0) is 0 Å². The minimum atomic E-state index is -0.258. The molecule has 0 amide bonds. The molecule has 0 aromatic heterocycles. The number of nitrogens with one attached hydrogen (secondary N) is 1. The summed E-state index contributed by atoms with van der Waals surface area (Å²) >= 11 is 6.94. The van der Waals surface area contributed by atoms with Gasteiger partial charge in [0.15, 0.2) is 0 Å². The van der Waals surface area contributed by atoms with Crippen molar-refractivity contribution in [2.24, 2.45) is 0 Å². The van der Waals surface area contributed by atoms with Crippen molar-refractivity contribution in [2.75, 3.05) is 14.2 Å². The minimum Gasteiger partial charge on any atom is -0.497 e. The molecule has 1 N–H and O–H groups in total. The summed E-state index contributed by atoms with van der Waals surface area (Å²) in [6.07, 6.45) is 0. The molecule has 20 heavy (non-hydrogen) atoms. The van der Waals surface area contributed by atoms with Crippen molar-refractivity contribution in [3.05, 3.63) is 62.3 Å². The van der Waals surface area contributed by atoms with Crippen LogP contribution in [-0.4, -0.2) is 14.2 Å². The van der Waals surface area contributed by atoms with Gasteiger partial charge in [0, 0.05) is 14.5 Å². The molecule has 2 rings (SSSR count). The van der Waals surface area contributed by atoms with Crippen LogP contribution in [0.4, 0.5) is 4.39 Å². The summed E-state index contributed by atoms with van der Waals surface area (Å²) in [5.74, 6) is 0.504. The predicted octanol–water partition coefficient (Wildman–Crippen LogP) is 4.67. The van der Waals surface area contributed by atoms with Gasteiger partial charge in [0.25, 0.3) is 0 Å². The van der Waals surface area contributed by atoms with E-state index < -0.39 is 0 Å². The van der Waals surface area contributed by atoms with Gasteiger partial charge in [-0.05, 0) is 36.9 Å². The van der Waals surface area contributed by atoms with Crippen molar-refractivity contribution in [3.8, 4) is 5.75 Å². The number of hydrogen-bond acceptors (Lipinski definition) is 2. The third-order valence-corrected chi connectivity index (χ3v) is 4.47. The predicted molar refractivity (Wildman–Crippen MR) is 85.7 cm³/mol. The summed E-state index contributed by atoms with van der Waals surface area (Å²) in [6.45, 7) is 0. The van der Waals surface area contributed by atoms with Crippen LogP contribution in [0, 0.1) is 5.82 Å². The minimum absolute atomic E-state index is 0.249. The van der Waals surface area contributed by atoms with Crippen LogP contribution in [0.3, 0.4) is 0 Å². The summed E-state index contributed by atoms with van der Waals surface area (Å²) in [5, 5.41) is 3.15. The van der Waals surface area contributed by atoms with Gasteiger partial charge in [-0.25, -0.2) is 4.39 Å². The second-order valence-electron chi connectivity index (χ2n) is 4.24. The second-order valence-corrected chi connectivity index (χ2v) is 5.95. The van der Waals surface area contributed by atoms with E-state index in [-0.39, 0.29) is 11.9 Å². The molecule has 0 aliphatic rings. The first-order chi connectivity index (χ1) is 9.58. The third-order valence-electron chi connectivity index (χ3n) is 3.10. The fourth-order valence-electron chi connectivity index (χ4n) is 2.11. The van der Waals surface area contributed by atoms with E-state index in [1.165, 1.54) is 6.07 Å². The number of rotatable bonds is 4. The number of ether oxygens (including phenoxy) is 1. The molecule has 0 spiro atoms. The summed E-state index contributed by atoms with van der Waals surface area (Å²) in [6, 6.07) is 10.4. The zero-order valence-corrected chi connectivity index (χ0v) is 14.3. The lowest BCUT2D eigenvalue weighted by atomic mass is 9.98. The van der Waals surface area contributed by atoms with Gasteiger partial charge in [0.2, 0.25) is 0 Å². The Bertz CT molecular complexity index is 599. The van der Waals surface area contributed by atoms with Crippen LogP contribution in [0.2, 0.25) is 0 Å². The van der Waals surface area contributed by atoms with E-state index >= 15 is 0 Å². The van der Waals surface area contributed by atoms with Crippen LogP contribution in [0.5, 0.6) is 5.75 Å². The SMILES string of the molecule is CNC(c1ccc(OC)cc1Br)c1c(F)cccc1Br. The Morgan fingerprint density at radius 1 is 1.15 bits per heavy atom. The molecule has 5 heteroatoms. The lowest BCUT2D eigenvalue weighted by molar-refractivity contribution is 0.414. The Morgan fingerprint density at radius 3 is 2.45 bits per heavy atom. The summed E-state index contributed by atoms with van der Waals surface area (Å²) in [5.41, 5.74) is 1.53. The molecule has 0 saturated carbocycles. The van der Waals surface area contributed by atoms with Gasteiger partial charge >= 0.3 is 0 Å². The highest BCUT2D eigenvalue weighted by atomic mass is 79.9. The number of methoxy groups -OCH3 is 1. The van der Waals surface area contributed by atoms with Gasteiger partial charge in [-0.1, -0.05) is 44.0 Å². The highest BCUT2D eigenvalue weighted by molar-refractivity contribution is 9.10. The summed E-state index contributed by atoms with van der Waals surface area (Å²) in [7, 11) is 3.42. The quantitative estimate of drug-likeness (QED) is 0.802. The Balaban J connectivity index is 2.53. The van der Waals surface area contributed by atoms with Gasteiger partial charge in [0.05, 0.1) is 13.2 Å². The normalized spacial score (nSPS) is 12.2. The van der Waals surface area contributed by atoms with Crippen molar-refractivity contribution < 1.29 is 9.13 Å². The molecule has 106 valence electrons. The molecule has 0 radical (unpaired) electrons. The van der Waals surface area contributed by atoms with E-state index in [0.29, 0.717) is 5.56 Å². The highest BCUT2D eigenvalue weighted by Crippen LogP contribution is 2.35. The molecule has 2 nitrogen and oxygen atoms in total. The maximum Gasteiger partial charge on any atom is 0.129 e. The van der Waals surface area contributed by atoms with E-state index in [4.69, 9.17) is 4.74 Å². The molecular formula is C15H14Br2FNO. The van der Waals surface area contributed by atoms with E-state index in [0.717, 1.165) is 20.3 Å². The van der Waals surface area contributed by atoms with E-state index in [2.05, 4.69) is 37.2 Å². The fourth-order valence-corrected chi connectivity index (χ4v) is 3.27. The number of halogens is 3. The maximum atomic E-state index is 14.1. The van der Waals surface area contributed by atoms with E-state index in [1.807, 2.05) is 24.3 Å². The van der Waals surface area contributed by atoms with Gasteiger partial charge < -0.3 is 10.1 Å². The molecule has 0 aliphatic heterocycles. The molecule has 0 bridgehead atoms. The van der Waals surface area contributed by atoms with Crippen molar-refractivity contribution in [1.29, 1.82) is 0 Å². The summed E-state index contributed by atoms with van der Waals surface area (Å²) in [4.78, 5) is 0. The van der Waals surface area contributed by atoms with Crippen LogP contribution >= 0.6 is 31.9 Å². The molecule has 1 atom stereocenters. The van der Waals surface area contributed by atoms with Gasteiger partial charge in [-0.2, -0.15) is 0 Å². The van der Waals surface area contributed by atoms with Gasteiger partial charge in [0.1, 0.15) is 11.6 Å². The molecular weight excluding hydrogens is 389 g/mol. The van der Waals surface area contributed by atoms with Crippen molar-refractivity contribution in [2.45, 2.75) is 6.04 Å². The monoisotopic (exact) mass is 401 g/mol. The topological polar surface area (TPSA) is 21.3 Å². The van der Waals surface area contributed by atoms with Crippen molar-refractivity contribution in [1.82, 2.24) is 5.32 Å². The van der Waals surface area contributed by atoms with Gasteiger partial charge in [-0.3, -0.25) is 0 Å². The van der Waals surface area contributed by atoms with Gasteiger partial charge in [-0.15, -0.1) is 0 Å². The standard InChI is InChI=1S/C15H14Br2FNO/c1-19-15(14-11(16)4-3-5-13(14)18)10-7-6-9(20-2)8-12(10)17/h3-8,15,19H,1-2H3. The molecule has 1 unspecified atom stereocenters. The molecule has 0 saturated heterocycles. The Labute approximate surface area is 134 Å². The zero-order chi connectivity index (χ0) is 14.7. The van der Waals surface area contributed by atoms with Crippen LogP contribution < -0.4 is 10.1 Å². The molecule has 0 aliphatic carbocycles. The van der Waals surface area contributed by atoms with E-state index in [1.54, 1.807) is 20.2 Å². The lowest BCUT2D eigenvalue weighted by Crippen LogP contribution is -2.20. The first-order valence-electron chi connectivity index (χ1n) is 6.03.